The summed E-state index contributed by atoms with van der Waals surface area (Å²) in [4.78, 5) is 27.9. The summed E-state index contributed by atoms with van der Waals surface area (Å²) in [6, 6.07) is 14.5. The van der Waals surface area contributed by atoms with Gasteiger partial charge in [-0.2, -0.15) is 0 Å². The lowest BCUT2D eigenvalue weighted by atomic mass is 10.0. The molecule has 2 aromatic carbocycles. The molecule has 6 heteroatoms. The van der Waals surface area contributed by atoms with Crippen molar-refractivity contribution in [3.63, 3.8) is 0 Å². The van der Waals surface area contributed by atoms with Crippen LogP contribution in [0, 0.1) is 5.82 Å². The van der Waals surface area contributed by atoms with Crippen LogP contribution in [0.15, 0.2) is 54.6 Å². The van der Waals surface area contributed by atoms with Crippen molar-refractivity contribution in [2.24, 2.45) is 0 Å². The molecule has 2 aromatic rings. The molecule has 0 radical (unpaired) electrons. The van der Waals surface area contributed by atoms with Crippen molar-refractivity contribution < 1.29 is 18.7 Å². The number of carbonyl (C=O) groups is 2. The van der Waals surface area contributed by atoms with Gasteiger partial charge in [0.1, 0.15) is 11.9 Å². The van der Waals surface area contributed by atoms with Crippen molar-refractivity contribution in [1.29, 1.82) is 0 Å². The number of ether oxygens (including phenoxy) is 1. The molecular formula is C25H33FN2O3. The van der Waals surface area contributed by atoms with Gasteiger partial charge >= 0.3 is 0 Å². The summed E-state index contributed by atoms with van der Waals surface area (Å²) in [6.45, 7) is 7.11. The number of amides is 2. The van der Waals surface area contributed by atoms with Gasteiger partial charge in [0, 0.05) is 26.1 Å². The molecule has 2 amide bonds. The van der Waals surface area contributed by atoms with E-state index in [2.05, 4.69) is 5.32 Å². The van der Waals surface area contributed by atoms with Gasteiger partial charge in [0.05, 0.1) is 6.10 Å². The lowest BCUT2D eigenvalue weighted by Crippen LogP contribution is -2.43. The Balaban J connectivity index is 2.24. The minimum Gasteiger partial charge on any atom is -0.379 e. The second-order valence-electron chi connectivity index (χ2n) is 7.78. The molecule has 0 unspecified atom stereocenters. The van der Waals surface area contributed by atoms with Gasteiger partial charge in [0.25, 0.3) is 0 Å². The van der Waals surface area contributed by atoms with Crippen LogP contribution < -0.4 is 5.32 Å². The fourth-order valence-corrected chi connectivity index (χ4v) is 3.28. The number of nitrogens with zero attached hydrogens (tertiary/aromatic N) is 1. The number of rotatable bonds is 12. The quantitative estimate of drug-likeness (QED) is 0.502. The third-order valence-corrected chi connectivity index (χ3v) is 4.80. The molecule has 0 aromatic heterocycles. The maximum Gasteiger partial charge on any atom is 0.247 e. The number of hydrogen-bond acceptors (Lipinski definition) is 3. The van der Waals surface area contributed by atoms with Gasteiger partial charge in [-0.1, -0.05) is 49.4 Å². The number of nitrogens with one attached hydrogen (secondary N) is 1. The van der Waals surface area contributed by atoms with Crippen LogP contribution in [-0.4, -0.2) is 36.0 Å². The monoisotopic (exact) mass is 428 g/mol. The van der Waals surface area contributed by atoms with Crippen LogP contribution in [0.1, 0.15) is 57.2 Å². The van der Waals surface area contributed by atoms with E-state index in [0.29, 0.717) is 32.4 Å². The lowest BCUT2D eigenvalue weighted by molar-refractivity contribution is -0.141. The standard InChI is InChI=1S/C25H33FN2O3/c1-4-9-23(29)28(18-20-12-14-22(26)15-13-20)24(21-10-6-5-7-11-21)25(30)27-16-8-17-31-19(2)3/h5-7,10-15,19,24H,4,8-9,16-18H2,1-3H3,(H,27,30)/t24-/m0/s1. The number of benzene rings is 2. The van der Waals surface area contributed by atoms with Crippen LogP contribution in [0.5, 0.6) is 0 Å². The van der Waals surface area contributed by atoms with E-state index in [1.807, 2.05) is 51.1 Å². The maximum atomic E-state index is 13.4. The first kappa shape index (κ1) is 24.5. The van der Waals surface area contributed by atoms with Gasteiger partial charge in [0.2, 0.25) is 11.8 Å². The molecule has 0 saturated carbocycles. The molecule has 5 nitrogen and oxygen atoms in total. The summed E-state index contributed by atoms with van der Waals surface area (Å²) < 4.78 is 18.9. The molecule has 0 saturated heterocycles. The highest BCUT2D eigenvalue weighted by atomic mass is 19.1. The van der Waals surface area contributed by atoms with Gasteiger partial charge in [0.15, 0.2) is 0 Å². The average molecular weight is 429 g/mol. The van der Waals surface area contributed by atoms with Crippen LogP contribution in [0.4, 0.5) is 4.39 Å². The Bertz CT molecular complexity index is 809. The van der Waals surface area contributed by atoms with Crippen LogP contribution >= 0.6 is 0 Å². The van der Waals surface area contributed by atoms with Gasteiger partial charge < -0.3 is 15.0 Å². The van der Waals surface area contributed by atoms with Crippen LogP contribution in [0.2, 0.25) is 0 Å². The molecule has 0 aliphatic carbocycles. The minimum absolute atomic E-state index is 0.112. The smallest absolute Gasteiger partial charge is 0.247 e. The van der Waals surface area contributed by atoms with E-state index in [1.165, 1.54) is 12.1 Å². The molecule has 0 spiro atoms. The van der Waals surface area contributed by atoms with E-state index in [9.17, 15) is 14.0 Å². The summed E-state index contributed by atoms with van der Waals surface area (Å²) >= 11 is 0. The van der Waals surface area contributed by atoms with Crippen LogP contribution in [0.3, 0.4) is 0 Å². The average Bonchev–Trinajstić information content (AvgIpc) is 2.75. The molecule has 31 heavy (non-hydrogen) atoms. The number of carbonyl (C=O) groups excluding carboxylic acids is 2. The van der Waals surface area contributed by atoms with Crippen molar-refractivity contribution in [3.05, 3.63) is 71.5 Å². The molecular weight excluding hydrogens is 395 g/mol. The van der Waals surface area contributed by atoms with Gasteiger partial charge in [-0.25, -0.2) is 4.39 Å². The van der Waals surface area contributed by atoms with Gasteiger partial charge in [-0.15, -0.1) is 0 Å². The molecule has 0 fully saturated rings. The van der Waals surface area contributed by atoms with E-state index < -0.39 is 6.04 Å². The van der Waals surface area contributed by atoms with Crippen molar-refractivity contribution >= 4 is 11.8 Å². The summed E-state index contributed by atoms with van der Waals surface area (Å²) in [7, 11) is 0. The van der Waals surface area contributed by atoms with E-state index in [-0.39, 0.29) is 30.3 Å². The van der Waals surface area contributed by atoms with Crippen molar-refractivity contribution in [3.8, 4) is 0 Å². The zero-order valence-electron chi connectivity index (χ0n) is 18.6. The summed E-state index contributed by atoms with van der Waals surface area (Å²) in [5.41, 5.74) is 1.51. The Morgan fingerprint density at radius 1 is 1.06 bits per heavy atom. The predicted molar refractivity (Wildman–Crippen MR) is 120 cm³/mol. The Morgan fingerprint density at radius 3 is 2.35 bits per heavy atom. The van der Waals surface area contributed by atoms with E-state index in [4.69, 9.17) is 4.74 Å². The highest BCUT2D eigenvalue weighted by Crippen LogP contribution is 2.25. The molecule has 1 N–H and O–H groups in total. The third kappa shape index (κ3) is 8.13. The maximum absolute atomic E-state index is 13.4. The summed E-state index contributed by atoms with van der Waals surface area (Å²) in [5, 5.41) is 2.95. The summed E-state index contributed by atoms with van der Waals surface area (Å²) in [6.07, 6.45) is 1.84. The topological polar surface area (TPSA) is 58.6 Å². The first-order chi connectivity index (χ1) is 14.9. The van der Waals surface area contributed by atoms with E-state index in [1.54, 1.807) is 17.0 Å². The highest BCUT2D eigenvalue weighted by molar-refractivity contribution is 5.88. The first-order valence-corrected chi connectivity index (χ1v) is 10.9. The molecule has 0 aliphatic heterocycles. The Labute approximate surface area is 184 Å². The van der Waals surface area contributed by atoms with Crippen molar-refractivity contribution in [1.82, 2.24) is 10.2 Å². The SMILES string of the molecule is CCCC(=O)N(Cc1ccc(F)cc1)[C@H](C(=O)NCCCOC(C)C)c1ccccc1. The van der Waals surface area contributed by atoms with Gasteiger partial charge in [-0.3, -0.25) is 9.59 Å². The Morgan fingerprint density at radius 2 is 1.74 bits per heavy atom. The van der Waals surface area contributed by atoms with Crippen LogP contribution in [0.25, 0.3) is 0 Å². The number of hydrogen-bond donors (Lipinski definition) is 1. The Hall–Kier alpha value is -2.73. The molecule has 2 rings (SSSR count). The van der Waals surface area contributed by atoms with E-state index in [0.717, 1.165) is 11.1 Å². The summed E-state index contributed by atoms with van der Waals surface area (Å²) in [5.74, 6) is -0.683. The third-order valence-electron chi connectivity index (χ3n) is 4.80. The Kier molecular flexibility index (Phi) is 10.2. The molecule has 0 aliphatic rings. The van der Waals surface area contributed by atoms with Crippen molar-refractivity contribution in [2.75, 3.05) is 13.2 Å². The zero-order valence-corrected chi connectivity index (χ0v) is 18.6. The number of halogens is 1. The predicted octanol–water partition coefficient (Wildman–Crippen LogP) is 4.63. The normalized spacial score (nSPS) is 11.9. The van der Waals surface area contributed by atoms with E-state index >= 15 is 0 Å². The fourth-order valence-electron chi connectivity index (χ4n) is 3.28. The molecule has 168 valence electrons. The first-order valence-electron chi connectivity index (χ1n) is 10.9. The second kappa shape index (κ2) is 12.8. The zero-order chi connectivity index (χ0) is 22.6. The highest BCUT2D eigenvalue weighted by Gasteiger charge is 2.30. The molecule has 0 heterocycles. The second-order valence-corrected chi connectivity index (χ2v) is 7.78. The van der Waals surface area contributed by atoms with Crippen molar-refractivity contribution in [2.45, 2.75) is 58.7 Å². The van der Waals surface area contributed by atoms with Crippen LogP contribution in [-0.2, 0) is 20.9 Å². The fraction of sp³-hybridized carbons (Fsp3) is 0.440. The van der Waals surface area contributed by atoms with Gasteiger partial charge in [-0.05, 0) is 49.9 Å². The minimum atomic E-state index is -0.767. The molecule has 0 bridgehead atoms. The largest absolute Gasteiger partial charge is 0.379 e. The lowest BCUT2D eigenvalue weighted by Gasteiger charge is -2.31. The molecule has 1 atom stereocenters.